The fourth-order valence-corrected chi connectivity index (χ4v) is 6.79. The summed E-state index contributed by atoms with van der Waals surface area (Å²) in [5.74, 6) is -0.247. The first-order chi connectivity index (χ1) is 10.7. The van der Waals surface area contributed by atoms with E-state index in [0.717, 1.165) is 25.7 Å². The number of alkyl halides is 2. The van der Waals surface area contributed by atoms with Crippen LogP contribution < -0.4 is 0 Å². The molecule has 4 aliphatic rings. The smallest absolute Gasteiger partial charge is 0.142 e. The summed E-state index contributed by atoms with van der Waals surface area (Å²) in [4.78, 5) is 0. The molecule has 4 heteroatoms. The van der Waals surface area contributed by atoms with E-state index in [1.165, 1.54) is 0 Å². The molecule has 2 nitrogen and oxygen atoms in total. The predicted octanol–water partition coefficient (Wildman–Crippen LogP) is 4.08. The van der Waals surface area contributed by atoms with Crippen LogP contribution >= 0.6 is 0 Å². The summed E-state index contributed by atoms with van der Waals surface area (Å²) in [7, 11) is 0. The lowest BCUT2D eigenvalue weighted by Crippen LogP contribution is -2.63. The number of aliphatic hydroxyl groups excluding tert-OH is 1. The van der Waals surface area contributed by atoms with E-state index in [1.807, 2.05) is 0 Å². The molecule has 0 heterocycles. The number of halogens is 2. The Morgan fingerprint density at radius 1 is 0.957 bits per heavy atom. The minimum atomic E-state index is -1.83. The first kappa shape index (κ1) is 16.3. The van der Waals surface area contributed by atoms with Crippen LogP contribution in [0.1, 0.15) is 77.6 Å². The van der Waals surface area contributed by atoms with E-state index in [9.17, 15) is 10.2 Å². The topological polar surface area (TPSA) is 40.5 Å². The molecule has 4 rings (SSSR count). The van der Waals surface area contributed by atoms with Gasteiger partial charge < -0.3 is 10.2 Å². The molecule has 132 valence electrons. The van der Waals surface area contributed by atoms with Gasteiger partial charge in [-0.1, -0.05) is 13.3 Å². The maximum atomic E-state index is 16.0. The van der Waals surface area contributed by atoms with Crippen LogP contribution in [0.15, 0.2) is 0 Å². The monoisotopic (exact) mass is 328 g/mol. The molecule has 0 aromatic heterocycles. The highest BCUT2D eigenvalue weighted by molar-refractivity contribution is 5.18. The van der Waals surface area contributed by atoms with Crippen molar-refractivity contribution >= 4 is 0 Å². The average Bonchev–Trinajstić information content (AvgIpc) is 2.82. The fraction of sp³-hybridized carbons (Fsp3) is 1.00. The molecule has 6 unspecified atom stereocenters. The zero-order valence-electron chi connectivity index (χ0n) is 14.2. The van der Waals surface area contributed by atoms with Gasteiger partial charge in [-0.05, 0) is 68.6 Å². The van der Waals surface area contributed by atoms with Crippen molar-refractivity contribution in [2.45, 2.75) is 101 Å². The van der Waals surface area contributed by atoms with E-state index in [4.69, 9.17) is 0 Å². The van der Waals surface area contributed by atoms with Crippen molar-refractivity contribution in [1.29, 1.82) is 0 Å². The van der Waals surface area contributed by atoms with Gasteiger partial charge in [-0.2, -0.15) is 0 Å². The Balaban J connectivity index is 1.72. The second-order valence-corrected chi connectivity index (χ2v) is 9.37. The fourth-order valence-electron chi connectivity index (χ4n) is 6.79. The molecule has 7 atom stereocenters. The molecule has 0 amide bonds. The summed E-state index contributed by atoms with van der Waals surface area (Å²) in [6.07, 6.45) is 5.31. The zero-order chi connectivity index (χ0) is 16.5. The molecule has 23 heavy (non-hydrogen) atoms. The minimum absolute atomic E-state index is 0.0167. The second kappa shape index (κ2) is 4.91. The van der Waals surface area contributed by atoms with Crippen LogP contribution in [0.5, 0.6) is 0 Å². The number of hydrogen-bond donors (Lipinski definition) is 2. The highest BCUT2D eigenvalue weighted by Crippen LogP contribution is 2.65. The SMILES string of the molecule is CC12CCCC1[C@@]1(O)CCC3CCC(O)CC3(F)CC1(F)CC2. The zero-order valence-corrected chi connectivity index (χ0v) is 14.2. The summed E-state index contributed by atoms with van der Waals surface area (Å²) in [5.41, 5.74) is -4.84. The first-order valence-corrected chi connectivity index (χ1v) is 9.49. The lowest BCUT2D eigenvalue weighted by Gasteiger charge is -2.55. The van der Waals surface area contributed by atoms with Gasteiger partial charge in [0.15, 0.2) is 0 Å². The van der Waals surface area contributed by atoms with Crippen molar-refractivity contribution < 1.29 is 19.0 Å². The van der Waals surface area contributed by atoms with Gasteiger partial charge in [0.05, 0.1) is 6.10 Å². The Hall–Kier alpha value is -0.220. The molecule has 0 aliphatic heterocycles. The number of rotatable bonds is 0. The van der Waals surface area contributed by atoms with Gasteiger partial charge in [-0.3, -0.25) is 0 Å². The summed E-state index contributed by atoms with van der Waals surface area (Å²) in [5, 5.41) is 21.4. The van der Waals surface area contributed by atoms with Crippen LogP contribution in [0.3, 0.4) is 0 Å². The summed E-state index contributed by atoms with van der Waals surface area (Å²) in [6, 6.07) is 0. The van der Waals surface area contributed by atoms with E-state index < -0.39 is 23.0 Å². The van der Waals surface area contributed by atoms with Crippen molar-refractivity contribution in [3.05, 3.63) is 0 Å². The van der Waals surface area contributed by atoms with Crippen molar-refractivity contribution in [2.75, 3.05) is 0 Å². The minimum Gasteiger partial charge on any atom is -0.393 e. The molecular formula is C19H30F2O2. The number of hydrogen-bond acceptors (Lipinski definition) is 2. The van der Waals surface area contributed by atoms with Gasteiger partial charge in [-0.25, -0.2) is 8.78 Å². The molecule has 0 radical (unpaired) electrons. The quantitative estimate of drug-likeness (QED) is 0.703. The van der Waals surface area contributed by atoms with Crippen molar-refractivity contribution in [1.82, 2.24) is 0 Å². The van der Waals surface area contributed by atoms with Gasteiger partial charge in [0.1, 0.15) is 16.9 Å². The van der Waals surface area contributed by atoms with Crippen LogP contribution in [0.25, 0.3) is 0 Å². The summed E-state index contributed by atoms with van der Waals surface area (Å²) < 4.78 is 31.7. The predicted molar refractivity (Wildman–Crippen MR) is 84.5 cm³/mol. The van der Waals surface area contributed by atoms with E-state index in [0.29, 0.717) is 25.7 Å². The van der Waals surface area contributed by atoms with Crippen molar-refractivity contribution in [3.63, 3.8) is 0 Å². The molecule has 0 bridgehead atoms. The highest BCUT2D eigenvalue weighted by atomic mass is 19.2. The van der Waals surface area contributed by atoms with E-state index in [-0.39, 0.29) is 36.5 Å². The van der Waals surface area contributed by atoms with E-state index in [1.54, 1.807) is 0 Å². The third kappa shape index (κ3) is 2.16. The molecule has 0 spiro atoms. The van der Waals surface area contributed by atoms with Crippen LogP contribution in [-0.2, 0) is 0 Å². The van der Waals surface area contributed by atoms with Crippen LogP contribution in [0, 0.1) is 17.3 Å². The van der Waals surface area contributed by atoms with E-state index >= 15 is 8.78 Å². The second-order valence-electron chi connectivity index (χ2n) is 9.37. The lowest BCUT2D eigenvalue weighted by atomic mass is 9.54. The largest absolute Gasteiger partial charge is 0.393 e. The first-order valence-electron chi connectivity index (χ1n) is 9.49. The van der Waals surface area contributed by atoms with Crippen molar-refractivity contribution in [3.8, 4) is 0 Å². The molecule has 4 saturated carbocycles. The lowest BCUT2D eigenvalue weighted by molar-refractivity contribution is -0.207. The van der Waals surface area contributed by atoms with Gasteiger partial charge in [0.25, 0.3) is 0 Å². The summed E-state index contributed by atoms with van der Waals surface area (Å²) >= 11 is 0. The average molecular weight is 328 g/mol. The molecule has 0 aromatic rings. The molecular weight excluding hydrogens is 298 g/mol. The Bertz CT molecular complexity index is 500. The molecule has 4 fully saturated rings. The third-order valence-electron chi connectivity index (χ3n) is 8.13. The van der Waals surface area contributed by atoms with E-state index in [2.05, 4.69) is 6.92 Å². The van der Waals surface area contributed by atoms with Gasteiger partial charge in [0, 0.05) is 12.8 Å². The Morgan fingerprint density at radius 2 is 1.74 bits per heavy atom. The molecule has 0 saturated heterocycles. The normalized spacial score (nSPS) is 59.6. The van der Waals surface area contributed by atoms with Gasteiger partial charge in [0.2, 0.25) is 0 Å². The number of aliphatic hydroxyl groups is 2. The third-order valence-corrected chi connectivity index (χ3v) is 8.13. The summed E-state index contributed by atoms with van der Waals surface area (Å²) in [6.45, 7) is 2.19. The van der Waals surface area contributed by atoms with Crippen molar-refractivity contribution in [2.24, 2.45) is 17.3 Å². The van der Waals surface area contributed by atoms with Crippen LogP contribution in [0.4, 0.5) is 8.78 Å². The number of fused-ring (bicyclic) bond motifs is 4. The molecule has 4 aliphatic carbocycles. The Kier molecular flexibility index (Phi) is 3.47. The standard InChI is InChI=1S/C19H30F2O2/c1-16-7-2-3-15(16)19(23)8-6-13-4-5-14(22)11-17(13,20)12-18(19,21)10-9-16/h13-15,22-23H,2-12H2,1H3/t13?,14?,15?,16?,17?,18?,19-/m0/s1. The Morgan fingerprint density at radius 3 is 2.52 bits per heavy atom. The molecule has 0 aromatic carbocycles. The maximum Gasteiger partial charge on any atom is 0.142 e. The van der Waals surface area contributed by atoms with Crippen LogP contribution in [0.2, 0.25) is 0 Å². The van der Waals surface area contributed by atoms with Gasteiger partial charge in [-0.15, -0.1) is 0 Å². The highest BCUT2D eigenvalue weighted by Gasteiger charge is 2.68. The van der Waals surface area contributed by atoms with Crippen LogP contribution in [-0.4, -0.2) is 33.3 Å². The maximum absolute atomic E-state index is 16.0. The molecule has 2 N–H and O–H groups in total. The Labute approximate surface area is 137 Å². The van der Waals surface area contributed by atoms with Gasteiger partial charge >= 0.3 is 0 Å².